The van der Waals surface area contributed by atoms with E-state index in [1.807, 2.05) is 29.2 Å². The van der Waals surface area contributed by atoms with Gasteiger partial charge in [0.25, 0.3) is 0 Å². The van der Waals surface area contributed by atoms with Crippen LogP contribution in [0, 0.1) is 5.92 Å². The van der Waals surface area contributed by atoms with Gasteiger partial charge in [-0.2, -0.15) is 8.42 Å². The number of amides is 1. The molecule has 150 valence electrons. The van der Waals surface area contributed by atoms with Crippen molar-refractivity contribution in [2.75, 3.05) is 6.26 Å². The quantitative estimate of drug-likeness (QED) is 0.628. The zero-order chi connectivity index (χ0) is 20.3. The molecule has 0 aromatic heterocycles. The van der Waals surface area contributed by atoms with Crippen LogP contribution >= 0.6 is 0 Å². The highest BCUT2D eigenvalue weighted by Crippen LogP contribution is 2.48. The van der Waals surface area contributed by atoms with Crippen molar-refractivity contribution >= 4 is 16.0 Å². The zero-order valence-corrected chi connectivity index (χ0v) is 17.4. The maximum absolute atomic E-state index is 13.2. The molecule has 1 amide bonds. The second kappa shape index (κ2) is 8.35. The van der Waals surface area contributed by atoms with Crippen LogP contribution < -0.4 is 4.18 Å². The monoisotopic (exact) mass is 401 g/mol. The van der Waals surface area contributed by atoms with Crippen molar-refractivity contribution in [2.24, 2.45) is 5.92 Å². The van der Waals surface area contributed by atoms with Gasteiger partial charge in [0.05, 0.1) is 6.26 Å². The third-order valence-electron chi connectivity index (χ3n) is 5.24. The van der Waals surface area contributed by atoms with E-state index < -0.39 is 10.1 Å². The van der Waals surface area contributed by atoms with Crippen molar-refractivity contribution in [3.8, 4) is 5.75 Å². The molecule has 1 aliphatic carbocycles. The number of carbonyl (C=O) groups is 1. The fourth-order valence-electron chi connectivity index (χ4n) is 3.49. The summed E-state index contributed by atoms with van der Waals surface area (Å²) in [6.45, 7) is 4.55. The van der Waals surface area contributed by atoms with Crippen LogP contribution in [-0.4, -0.2) is 31.5 Å². The van der Waals surface area contributed by atoms with E-state index >= 15 is 0 Å². The van der Waals surface area contributed by atoms with Crippen molar-refractivity contribution in [3.05, 3.63) is 65.7 Å². The zero-order valence-electron chi connectivity index (χ0n) is 16.5. The van der Waals surface area contributed by atoms with Gasteiger partial charge in [0.1, 0.15) is 5.75 Å². The molecule has 0 aliphatic heterocycles. The first kappa shape index (κ1) is 20.4. The van der Waals surface area contributed by atoms with Crippen molar-refractivity contribution in [2.45, 2.75) is 45.2 Å². The molecule has 1 fully saturated rings. The normalized spacial score (nSPS) is 19.7. The molecule has 0 unspecified atom stereocenters. The van der Waals surface area contributed by atoms with Crippen molar-refractivity contribution in [1.82, 2.24) is 4.90 Å². The first-order valence-electron chi connectivity index (χ1n) is 9.62. The van der Waals surface area contributed by atoms with E-state index in [0.29, 0.717) is 12.5 Å². The number of rotatable bonds is 8. The average molecular weight is 402 g/mol. The lowest BCUT2D eigenvalue weighted by molar-refractivity contribution is -0.135. The van der Waals surface area contributed by atoms with Crippen LogP contribution in [0.15, 0.2) is 54.6 Å². The highest BCUT2D eigenvalue weighted by atomic mass is 32.2. The second-order valence-corrected chi connectivity index (χ2v) is 9.09. The topological polar surface area (TPSA) is 63.7 Å². The van der Waals surface area contributed by atoms with Crippen LogP contribution in [0.25, 0.3) is 0 Å². The first-order chi connectivity index (χ1) is 13.3. The van der Waals surface area contributed by atoms with E-state index in [9.17, 15) is 13.2 Å². The fourth-order valence-corrected chi connectivity index (χ4v) is 3.94. The number of hydrogen-bond acceptors (Lipinski definition) is 4. The summed E-state index contributed by atoms with van der Waals surface area (Å²) < 4.78 is 27.7. The summed E-state index contributed by atoms with van der Waals surface area (Å²) in [6, 6.07) is 17.2. The average Bonchev–Trinajstić information content (AvgIpc) is 3.45. The molecule has 0 N–H and O–H groups in total. The minimum atomic E-state index is -3.58. The Morgan fingerprint density at radius 2 is 1.89 bits per heavy atom. The van der Waals surface area contributed by atoms with Gasteiger partial charge in [-0.1, -0.05) is 49.4 Å². The van der Waals surface area contributed by atoms with Crippen molar-refractivity contribution in [1.29, 1.82) is 0 Å². The Kier molecular flexibility index (Phi) is 6.08. The van der Waals surface area contributed by atoms with Crippen LogP contribution in [0.3, 0.4) is 0 Å². The van der Waals surface area contributed by atoms with Crippen LogP contribution in [0.4, 0.5) is 0 Å². The maximum atomic E-state index is 13.2. The van der Waals surface area contributed by atoms with Gasteiger partial charge in [-0.3, -0.25) is 4.79 Å². The minimum Gasteiger partial charge on any atom is -0.383 e. The van der Waals surface area contributed by atoms with Gasteiger partial charge in [0.15, 0.2) is 0 Å². The molecular formula is C22H27NO4S. The lowest BCUT2D eigenvalue weighted by atomic mass is 10.1. The highest BCUT2D eigenvalue weighted by molar-refractivity contribution is 7.86. The van der Waals surface area contributed by atoms with Gasteiger partial charge < -0.3 is 9.08 Å². The predicted octanol–water partition coefficient (Wildman–Crippen LogP) is 3.96. The molecule has 5 nitrogen and oxygen atoms in total. The standard InChI is InChI=1S/C22H27NO4S/c1-4-16(2)23(15-17-9-8-12-19(13-17)27-28(3,25)26)22(24)21-14-20(21)18-10-6-5-7-11-18/h5-13,16,20-21H,4,14-15H2,1-3H3/t16-,20-,21-/m0/s1. The first-order valence-corrected chi connectivity index (χ1v) is 11.4. The Bertz CT molecular complexity index is 927. The van der Waals surface area contributed by atoms with Gasteiger partial charge in [0.2, 0.25) is 5.91 Å². The molecule has 3 rings (SSSR count). The molecule has 0 spiro atoms. The summed E-state index contributed by atoms with van der Waals surface area (Å²) >= 11 is 0. The number of benzene rings is 2. The molecule has 0 heterocycles. The molecule has 28 heavy (non-hydrogen) atoms. The van der Waals surface area contributed by atoms with Crippen LogP contribution in [0.5, 0.6) is 5.75 Å². The third kappa shape index (κ3) is 5.13. The third-order valence-corrected chi connectivity index (χ3v) is 5.74. The summed E-state index contributed by atoms with van der Waals surface area (Å²) in [6.07, 6.45) is 2.76. The number of nitrogens with zero attached hydrogens (tertiary/aromatic N) is 1. The number of carbonyl (C=O) groups excluding carboxylic acids is 1. The maximum Gasteiger partial charge on any atom is 0.306 e. The van der Waals surface area contributed by atoms with Gasteiger partial charge in [-0.05, 0) is 48.9 Å². The molecular weight excluding hydrogens is 374 g/mol. The Morgan fingerprint density at radius 3 is 2.54 bits per heavy atom. The SMILES string of the molecule is CC[C@H](C)N(Cc1cccc(OS(C)(=O)=O)c1)C(=O)[C@H]1C[C@H]1c1ccccc1. The summed E-state index contributed by atoms with van der Waals surface area (Å²) in [4.78, 5) is 15.1. The van der Waals surface area contributed by atoms with E-state index in [1.54, 1.807) is 18.2 Å². The van der Waals surface area contributed by atoms with E-state index in [0.717, 1.165) is 24.7 Å². The summed E-state index contributed by atoms with van der Waals surface area (Å²) in [5.74, 6) is 0.745. The predicted molar refractivity (Wildman–Crippen MR) is 110 cm³/mol. The van der Waals surface area contributed by atoms with Gasteiger partial charge in [0, 0.05) is 18.5 Å². The van der Waals surface area contributed by atoms with Crippen molar-refractivity contribution in [3.63, 3.8) is 0 Å². The molecule has 3 atom stereocenters. The Labute approximate surface area is 167 Å². The van der Waals surface area contributed by atoms with Gasteiger partial charge in [-0.25, -0.2) is 0 Å². The molecule has 0 saturated heterocycles. The van der Waals surface area contributed by atoms with Gasteiger partial charge >= 0.3 is 10.1 Å². The Balaban J connectivity index is 1.75. The minimum absolute atomic E-state index is 0.0202. The molecule has 1 saturated carbocycles. The smallest absolute Gasteiger partial charge is 0.306 e. The Hall–Kier alpha value is -2.34. The van der Waals surface area contributed by atoms with Gasteiger partial charge in [-0.15, -0.1) is 0 Å². The lowest BCUT2D eigenvalue weighted by Crippen LogP contribution is -2.39. The largest absolute Gasteiger partial charge is 0.383 e. The van der Waals surface area contributed by atoms with E-state index in [4.69, 9.17) is 4.18 Å². The molecule has 0 bridgehead atoms. The van der Waals surface area contributed by atoms with Crippen LogP contribution in [0.2, 0.25) is 0 Å². The lowest BCUT2D eigenvalue weighted by Gasteiger charge is -2.29. The molecule has 0 radical (unpaired) electrons. The molecule has 1 aliphatic rings. The molecule has 6 heteroatoms. The van der Waals surface area contributed by atoms with Crippen molar-refractivity contribution < 1.29 is 17.4 Å². The Morgan fingerprint density at radius 1 is 1.18 bits per heavy atom. The summed E-state index contributed by atoms with van der Waals surface area (Å²) in [7, 11) is -3.58. The fraction of sp³-hybridized carbons (Fsp3) is 0.409. The van der Waals surface area contributed by atoms with Crippen LogP contribution in [0.1, 0.15) is 43.7 Å². The summed E-state index contributed by atoms with van der Waals surface area (Å²) in [5, 5.41) is 0. The summed E-state index contributed by atoms with van der Waals surface area (Å²) in [5.41, 5.74) is 2.07. The molecule has 2 aromatic carbocycles. The van der Waals surface area contributed by atoms with E-state index in [-0.39, 0.29) is 23.6 Å². The number of hydrogen-bond donors (Lipinski definition) is 0. The van der Waals surface area contributed by atoms with Crippen LogP contribution in [-0.2, 0) is 21.5 Å². The second-order valence-electron chi connectivity index (χ2n) is 7.52. The molecule has 2 aromatic rings. The highest BCUT2D eigenvalue weighted by Gasteiger charge is 2.46. The van der Waals surface area contributed by atoms with E-state index in [1.165, 1.54) is 5.56 Å². The van der Waals surface area contributed by atoms with E-state index in [2.05, 4.69) is 26.0 Å².